The Morgan fingerprint density at radius 1 is 1.05 bits per heavy atom. The second kappa shape index (κ2) is 10.4. The minimum Gasteiger partial charge on any atom is -0.355 e. The molecule has 4 N–H and O–H groups in total. The van der Waals surface area contributed by atoms with Gasteiger partial charge in [-0.25, -0.2) is 0 Å². The zero-order valence-corrected chi connectivity index (χ0v) is 22.9. The van der Waals surface area contributed by atoms with Gasteiger partial charge in [0.25, 0.3) is 11.8 Å². The zero-order chi connectivity index (χ0) is 28.7. The van der Waals surface area contributed by atoms with Crippen LogP contribution in [-0.2, 0) is 16.6 Å². The van der Waals surface area contributed by atoms with Crippen LogP contribution in [0.3, 0.4) is 0 Å². The van der Waals surface area contributed by atoms with E-state index in [1.165, 1.54) is 0 Å². The molecule has 0 spiro atoms. The lowest BCUT2D eigenvalue weighted by Crippen LogP contribution is -2.44. The summed E-state index contributed by atoms with van der Waals surface area (Å²) in [5.41, 5.74) is 3.90. The summed E-state index contributed by atoms with van der Waals surface area (Å²) in [7, 11) is 3.18. The first-order chi connectivity index (χ1) is 19.9. The van der Waals surface area contributed by atoms with E-state index >= 15 is 0 Å². The summed E-state index contributed by atoms with van der Waals surface area (Å²) < 4.78 is 0. The molecule has 2 fully saturated rings. The third-order valence-corrected chi connectivity index (χ3v) is 8.71. The van der Waals surface area contributed by atoms with Crippen LogP contribution in [0.15, 0.2) is 36.4 Å². The lowest BCUT2D eigenvalue weighted by molar-refractivity contribution is -0.131. The Kier molecular flexibility index (Phi) is 6.75. The van der Waals surface area contributed by atoms with Crippen molar-refractivity contribution in [2.75, 3.05) is 27.2 Å². The first-order valence-electron chi connectivity index (χ1n) is 13.8. The maximum Gasteiger partial charge on any atom is 0.251 e. The van der Waals surface area contributed by atoms with Crippen molar-refractivity contribution in [3.8, 4) is 6.07 Å². The summed E-state index contributed by atoms with van der Waals surface area (Å²) in [5.74, 6) is 0.458. The number of amides is 3. The van der Waals surface area contributed by atoms with E-state index in [0.29, 0.717) is 42.3 Å². The minimum atomic E-state index is -0.862. The number of carbonyl (C=O) groups excluding carboxylic acids is 3. The highest BCUT2D eigenvalue weighted by Crippen LogP contribution is 2.48. The molecule has 0 radical (unpaired) electrons. The van der Waals surface area contributed by atoms with Gasteiger partial charge in [0, 0.05) is 31.3 Å². The average Bonchev–Trinajstić information content (AvgIpc) is 3.36. The molecule has 12 nitrogen and oxygen atoms in total. The SMILES string of the molecule is CNC(=O)c1ccc2c(c1)Cc1cc(C(=O)NC)ccc1C2(CCNCC(=O)N1[C@H](C#N)C[C@@H]2C[C@@H]21)c1nn[nH]n1. The lowest BCUT2D eigenvalue weighted by atomic mass is 9.63. The Bertz CT molecular complexity index is 1500. The highest BCUT2D eigenvalue weighted by molar-refractivity contribution is 5.95. The number of piperidine rings is 1. The van der Waals surface area contributed by atoms with E-state index in [4.69, 9.17) is 0 Å². The molecule has 41 heavy (non-hydrogen) atoms. The molecule has 0 unspecified atom stereocenters. The van der Waals surface area contributed by atoms with Crippen LogP contribution in [0.2, 0.25) is 0 Å². The number of H-pyrrole nitrogens is 1. The van der Waals surface area contributed by atoms with E-state index in [0.717, 1.165) is 35.1 Å². The van der Waals surface area contributed by atoms with Crippen molar-refractivity contribution in [2.24, 2.45) is 5.92 Å². The average molecular weight is 554 g/mol. The van der Waals surface area contributed by atoms with Gasteiger partial charge < -0.3 is 20.9 Å². The smallest absolute Gasteiger partial charge is 0.251 e. The largest absolute Gasteiger partial charge is 0.355 e. The van der Waals surface area contributed by atoms with E-state index in [1.807, 2.05) is 24.3 Å². The highest BCUT2D eigenvalue weighted by Gasteiger charge is 2.54. The van der Waals surface area contributed by atoms with Crippen molar-refractivity contribution in [1.82, 2.24) is 41.5 Å². The van der Waals surface area contributed by atoms with Gasteiger partial charge in [-0.3, -0.25) is 14.4 Å². The first kappa shape index (κ1) is 26.6. The van der Waals surface area contributed by atoms with Gasteiger partial charge in [-0.15, -0.1) is 10.2 Å². The van der Waals surface area contributed by atoms with Crippen LogP contribution in [0.4, 0.5) is 0 Å². The molecule has 210 valence electrons. The number of nitrogens with one attached hydrogen (secondary N) is 4. The van der Waals surface area contributed by atoms with Crippen molar-refractivity contribution >= 4 is 17.7 Å². The number of likely N-dealkylation sites (tertiary alicyclic amines) is 1. The minimum absolute atomic E-state index is 0.0648. The van der Waals surface area contributed by atoms with Gasteiger partial charge in [0.2, 0.25) is 5.91 Å². The Morgan fingerprint density at radius 2 is 1.71 bits per heavy atom. The van der Waals surface area contributed by atoms with Crippen molar-refractivity contribution in [2.45, 2.75) is 43.2 Å². The van der Waals surface area contributed by atoms with E-state index in [2.05, 4.69) is 42.6 Å². The van der Waals surface area contributed by atoms with E-state index in [-0.39, 0.29) is 36.3 Å². The quantitative estimate of drug-likeness (QED) is 0.295. The summed E-state index contributed by atoms with van der Waals surface area (Å²) in [6.45, 7) is 0.557. The number of benzene rings is 2. The molecule has 2 aromatic carbocycles. The van der Waals surface area contributed by atoms with Gasteiger partial charge in [0.05, 0.1) is 18.0 Å². The number of rotatable bonds is 8. The van der Waals surface area contributed by atoms with Gasteiger partial charge >= 0.3 is 0 Å². The Labute approximate surface area is 236 Å². The monoisotopic (exact) mass is 553 g/mol. The van der Waals surface area contributed by atoms with Crippen LogP contribution in [0, 0.1) is 17.2 Å². The highest BCUT2D eigenvalue weighted by atomic mass is 16.2. The molecular weight excluding hydrogens is 522 g/mol. The maximum atomic E-state index is 13.1. The Morgan fingerprint density at radius 3 is 2.27 bits per heavy atom. The van der Waals surface area contributed by atoms with Crippen molar-refractivity contribution in [1.29, 1.82) is 5.26 Å². The second-order valence-corrected chi connectivity index (χ2v) is 10.9. The summed E-state index contributed by atoms with van der Waals surface area (Å²) >= 11 is 0. The summed E-state index contributed by atoms with van der Waals surface area (Å²) in [6, 6.07) is 13.3. The van der Waals surface area contributed by atoms with Gasteiger partial charge in [0.15, 0.2) is 5.82 Å². The predicted octanol–water partition coefficient (Wildman–Crippen LogP) is 0.650. The second-order valence-electron chi connectivity index (χ2n) is 10.9. The number of aromatic nitrogens is 4. The molecule has 3 aliphatic rings. The summed E-state index contributed by atoms with van der Waals surface area (Å²) in [5, 5.41) is 33.5. The number of hydrogen-bond acceptors (Lipinski definition) is 8. The molecule has 3 atom stereocenters. The van der Waals surface area contributed by atoms with Crippen molar-refractivity contribution < 1.29 is 14.4 Å². The van der Waals surface area contributed by atoms with Crippen molar-refractivity contribution in [3.05, 3.63) is 75.6 Å². The van der Waals surface area contributed by atoms with Crippen LogP contribution in [0.25, 0.3) is 0 Å². The van der Waals surface area contributed by atoms with Crippen LogP contribution >= 0.6 is 0 Å². The first-order valence-corrected chi connectivity index (χ1v) is 13.8. The standard InChI is InChI=1S/C29H31N9O3/c1-31-26(40)16-3-5-22-18(9-16)11-19-10-17(27(41)32-2)4-6-23(19)29(22,28-34-36-37-35-28)7-8-33-15-25(39)38-21(14-30)12-20-13-24(20)38/h3-6,9-10,20-21,24,33H,7-8,11-13,15H2,1-2H3,(H,31,40)(H,32,41)(H,34,35,36,37)/t20-,21+,24+/m1/s1. The summed E-state index contributed by atoms with van der Waals surface area (Å²) in [4.78, 5) is 39.8. The third kappa shape index (κ3) is 4.42. The van der Waals surface area contributed by atoms with Crippen LogP contribution in [0.5, 0.6) is 0 Å². The Hall–Kier alpha value is -4.63. The Balaban J connectivity index is 1.36. The van der Waals surface area contributed by atoms with Gasteiger partial charge in [-0.1, -0.05) is 17.3 Å². The van der Waals surface area contributed by atoms with Crippen LogP contribution in [-0.4, -0.2) is 82.5 Å². The number of nitriles is 1. The zero-order valence-electron chi connectivity index (χ0n) is 22.9. The van der Waals surface area contributed by atoms with Crippen molar-refractivity contribution in [3.63, 3.8) is 0 Å². The molecule has 0 bridgehead atoms. The molecule has 1 aromatic heterocycles. The van der Waals surface area contributed by atoms with Gasteiger partial charge in [-0.05, 0) is 84.7 Å². The fourth-order valence-electron chi connectivity index (χ4n) is 6.69. The lowest BCUT2D eigenvalue weighted by Gasteiger charge is -2.39. The molecule has 3 aromatic rings. The molecular formula is C29H31N9O3. The number of fused-ring (bicyclic) bond motifs is 3. The molecule has 2 aliphatic carbocycles. The van der Waals surface area contributed by atoms with E-state index in [9.17, 15) is 19.6 Å². The predicted molar refractivity (Wildman–Crippen MR) is 147 cm³/mol. The molecule has 1 saturated carbocycles. The molecule has 1 saturated heterocycles. The molecule has 12 heteroatoms. The number of aromatic amines is 1. The maximum absolute atomic E-state index is 13.1. The fraction of sp³-hybridized carbons (Fsp3) is 0.414. The van der Waals surface area contributed by atoms with Crippen LogP contribution in [0.1, 0.15) is 68.1 Å². The molecule has 6 rings (SSSR count). The molecule has 1 aliphatic heterocycles. The normalized spacial score (nSPS) is 21.2. The van der Waals surface area contributed by atoms with E-state index < -0.39 is 5.41 Å². The molecule has 3 amide bonds. The van der Waals surface area contributed by atoms with E-state index in [1.54, 1.807) is 31.1 Å². The number of tetrazole rings is 1. The molecule has 2 heterocycles. The number of carbonyl (C=O) groups is 3. The topological polar surface area (TPSA) is 169 Å². The summed E-state index contributed by atoms with van der Waals surface area (Å²) in [6.07, 6.45) is 2.73. The van der Waals surface area contributed by atoms with Gasteiger partial charge in [-0.2, -0.15) is 10.5 Å². The van der Waals surface area contributed by atoms with Crippen LogP contribution < -0.4 is 16.0 Å². The number of nitrogens with zero attached hydrogens (tertiary/aromatic N) is 5. The van der Waals surface area contributed by atoms with Gasteiger partial charge in [0.1, 0.15) is 6.04 Å². The third-order valence-electron chi connectivity index (χ3n) is 8.71. The fourth-order valence-corrected chi connectivity index (χ4v) is 6.69. The number of hydrogen-bond donors (Lipinski definition) is 4.